The molecule has 0 rings (SSSR count). The van der Waals surface area contributed by atoms with Crippen molar-refractivity contribution < 1.29 is 14.7 Å². The van der Waals surface area contributed by atoms with E-state index in [4.69, 9.17) is 10.8 Å². The summed E-state index contributed by atoms with van der Waals surface area (Å²) >= 11 is 0. The van der Waals surface area contributed by atoms with Gasteiger partial charge in [0, 0.05) is 5.57 Å². The topological polar surface area (TPSA) is 92.4 Å². The fraction of sp³-hybridized carbons (Fsp3) is 0.556. The molecule has 80 valence electrons. The van der Waals surface area contributed by atoms with Crippen molar-refractivity contribution in [2.75, 3.05) is 6.54 Å². The third-order valence-corrected chi connectivity index (χ3v) is 1.65. The molecule has 0 aliphatic carbocycles. The zero-order chi connectivity index (χ0) is 11.1. The summed E-state index contributed by atoms with van der Waals surface area (Å²) in [5.41, 5.74) is 5.36. The summed E-state index contributed by atoms with van der Waals surface area (Å²) in [6.07, 6.45) is 1.19. The fourth-order valence-corrected chi connectivity index (χ4v) is 0.828. The summed E-state index contributed by atoms with van der Waals surface area (Å²) in [6.45, 7) is 3.42. The molecule has 5 heteroatoms. The number of nitrogens with one attached hydrogen (secondary N) is 1. The van der Waals surface area contributed by atoms with Gasteiger partial charge in [-0.25, -0.2) is 0 Å². The number of hydrogen-bond acceptors (Lipinski definition) is 3. The molecule has 0 heterocycles. The lowest BCUT2D eigenvalue weighted by Gasteiger charge is -2.08. The molecule has 1 unspecified atom stereocenters. The van der Waals surface area contributed by atoms with Crippen LogP contribution < -0.4 is 11.1 Å². The minimum Gasteiger partial charge on any atom is -0.381 e. The van der Waals surface area contributed by atoms with Crippen LogP contribution in [0.2, 0.25) is 0 Å². The SMILES string of the molecule is CC/C=C(/C)C(=O)NCC(O)C(N)=O. The molecule has 5 nitrogen and oxygen atoms in total. The Hall–Kier alpha value is -1.36. The molecule has 0 aromatic carbocycles. The van der Waals surface area contributed by atoms with E-state index in [2.05, 4.69) is 5.32 Å². The van der Waals surface area contributed by atoms with Gasteiger partial charge in [-0.2, -0.15) is 0 Å². The standard InChI is InChI=1S/C9H16N2O3/c1-3-4-6(2)9(14)11-5-7(12)8(10)13/h4,7,12H,3,5H2,1-2H3,(H2,10,13)(H,11,14)/b6-4-. The Balaban J connectivity index is 3.97. The zero-order valence-electron chi connectivity index (χ0n) is 8.41. The number of hydrogen-bond donors (Lipinski definition) is 3. The molecule has 14 heavy (non-hydrogen) atoms. The zero-order valence-corrected chi connectivity index (χ0v) is 8.41. The third kappa shape index (κ3) is 4.61. The van der Waals surface area contributed by atoms with Crippen LogP contribution in [0.5, 0.6) is 0 Å². The van der Waals surface area contributed by atoms with Crippen molar-refractivity contribution in [3.05, 3.63) is 11.6 Å². The molecule has 4 N–H and O–H groups in total. The van der Waals surface area contributed by atoms with Gasteiger partial charge in [0.1, 0.15) is 6.10 Å². The number of amides is 2. The molecule has 0 fully saturated rings. The first-order chi connectivity index (χ1) is 6.49. The Morgan fingerprint density at radius 3 is 2.57 bits per heavy atom. The van der Waals surface area contributed by atoms with E-state index in [1.165, 1.54) is 0 Å². The van der Waals surface area contributed by atoms with Crippen molar-refractivity contribution in [1.82, 2.24) is 5.32 Å². The lowest BCUT2D eigenvalue weighted by molar-refractivity contribution is -0.126. The number of rotatable bonds is 5. The lowest BCUT2D eigenvalue weighted by Crippen LogP contribution is -2.40. The molecule has 2 amide bonds. The van der Waals surface area contributed by atoms with E-state index in [1.807, 2.05) is 6.92 Å². The van der Waals surface area contributed by atoms with E-state index >= 15 is 0 Å². The Kier molecular flexibility index (Phi) is 5.55. The van der Waals surface area contributed by atoms with Crippen LogP contribution in [0.25, 0.3) is 0 Å². The fourth-order valence-electron chi connectivity index (χ4n) is 0.828. The molecule has 0 spiro atoms. The second-order valence-electron chi connectivity index (χ2n) is 2.92. The van der Waals surface area contributed by atoms with Gasteiger partial charge in [0.05, 0.1) is 6.54 Å². The van der Waals surface area contributed by atoms with Crippen LogP contribution in [0, 0.1) is 0 Å². The van der Waals surface area contributed by atoms with Gasteiger partial charge >= 0.3 is 0 Å². The first-order valence-electron chi connectivity index (χ1n) is 4.41. The number of allylic oxidation sites excluding steroid dienone is 1. The summed E-state index contributed by atoms with van der Waals surface area (Å²) in [5, 5.41) is 11.4. The van der Waals surface area contributed by atoms with Gasteiger partial charge in [-0.1, -0.05) is 13.0 Å². The largest absolute Gasteiger partial charge is 0.381 e. The summed E-state index contributed by atoms with van der Waals surface area (Å²) in [7, 11) is 0. The molecule has 0 aromatic heterocycles. The average molecular weight is 200 g/mol. The van der Waals surface area contributed by atoms with Crippen molar-refractivity contribution in [1.29, 1.82) is 0 Å². The van der Waals surface area contributed by atoms with Crippen molar-refractivity contribution in [2.45, 2.75) is 26.4 Å². The highest BCUT2D eigenvalue weighted by Crippen LogP contribution is 1.94. The molecule has 0 saturated heterocycles. The van der Waals surface area contributed by atoms with Gasteiger partial charge in [-0.3, -0.25) is 9.59 Å². The van der Waals surface area contributed by atoms with Crippen LogP contribution in [-0.2, 0) is 9.59 Å². The first-order valence-corrected chi connectivity index (χ1v) is 4.41. The van der Waals surface area contributed by atoms with E-state index in [9.17, 15) is 9.59 Å². The second kappa shape index (κ2) is 6.15. The number of nitrogens with two attached hydrogens (primary N) is 1. The quantitative estimate of drug-likeness (QED) is 0.513. The smallest absolute Gasteiger partial charge is 0.248 e. The van der Waals surface area contributed by atoms with Crippen LogP contribution in [0.1, 0.15) is 20.3 Å². The number of primary amides is 1. The molecular formula is C9H16N2O3. The van der Waals surface area contributed by atoms with Crippen molar-refractivity contribution in [3.8, 4) is 0 Å². The number of aliphatic hydroxyl groups excluding tert-OH is 1. The van der Waals surface area contributed by atoms with Gasteiger partial charge in [0.25, 0.3) is 0 Å². The van der Waals surface area contributed by atoms with Crippen LogP contribution in [0.15, 0.2) is 11.6 Å². The lowest BCUT2D eigenvalue weighted by atomic mass is 10.2. The average Bonchev–Trinajstić information content (AvgIpc) is 2.13. The molecule has 0 bridgehead atoms. The third-order valence-electron chi connectivity index (χ3n) is 1.65. The molecule has 0 aliphatic heterocycles. The molecule has 1 atom stereocenters. The highest BCUT2D eigenvalue weighted by molar-refractivity contribution is 5.93. The van der Waals surface area contributed by atoms with Gasteiger partial charge < -0.3 is 16.2 Å². The Labute approximate surface area is 83.0 Å². The normalized spacial score (nSPS) is 13.5. The maximum atomic E-state index is 11.2. The van der Waals surface area contributed by atoms with Gasteiger partial charge in [0.15, 0.2) is 0 Å². The second-order valence-corrected chi connectivity index (χ2v) is 2.92. The van der Waals surface area contributed by atoms with Crippen LogP contribution in [-0.4, -0.2) is 29.6 Å². The van der Waals surface area contributed by atoms with E-state index in [-0.39, 0.29) is 12.5 Å². The predicted octanol–water partition coefficient (Wildman–Crippen LogP) is -0.695. The Morgan fingerprint density at radius 2 is 2.14 bits per heavy atom. The first kappa shape index (κ1) is 12.6. The van der Waals surface area contributed by atoms with Crippen LogP contribution in [0.4, 0.5) is 0 Å². The maximum absolute atomic E-state index is 11.2. The predicted molar refractivity (Wildman–Crippen MR) is 52.3 cm³/mol. The van der Waals surface area contributed by atoms with Crippen molar-refractivity contribution in [2.24, 2.45) is 5.73 Å². The number of aliphatic hydroxyl groups is 1. The van der Waals surface area contributed by atoms with E-state index in [0.717, 1.165) is 6.42 Å². The highest BCUT2D eigenvalue weighted by atomic mass is 16.3. The minimum absolute atomic E-state index is 0.150. The summed E-state index contributed by atoms with van der Waals surface area (Å²) in [5.74, 6) is -1.14. The summed E-state index contributed by atoms with van der Waals surface area (Å²) in [4.78, 5) is 21.6. The molecule has 0 radical (unpaired) electrons. The molecule has 0 aliphatic rings. The van der Waals surface area contributed by atoms with Crippen molar-refractivity contribution in [3.63, 3.8) is 0 Å². The molecular weight excluding hydrogens is 184 g/mol. The van der Waals surface area contributed by atoms with Crippen LogP contribution >= 0.6 is 0 Å². The highest BCUT2D eigenvalue weighted by Gasteiger charge is 2.12. The monoisotopic (exact) mass is 200 g/mol. The number of carbonyl (C=O) groups excluding carboxylic acids is 2. The molecule has 0 aromatic rings. The van der Waals surface area contributed by atoms with Crippen LogP contribution in [0.3, 0.4) is 0 Å². The Morgan fingerprint density at radius 1 is 1.57 bits per heavy atom. The number of carbonyl (C=O) groups is 2. The molecule has 0 saturated carbocycles. The van der Waals surface area contributed by atoms with E-state index < -0.39 is 12.0 Å². The van der Waals surface area contributed by atoms with Gasteiger partial charge in [0.2, 0.25) is 11.8 Å². The van der Waals surface area contributed by atoms with E-state index in [0.29, 0.717) is 5.57 Å². The maximum Gasteiger partial charge on any atom is 0.248 e. The summed E-state index contributed by atoms with van der Waals surface area (Å²) in [6, 6.07) is 0. The van der Waals surface area contributed by atoms with Gasteiger partial charge in [-0.15, -0.1) is 0 Å². The Bertz CT molecular complexity index is 248. The van der Waals surface area contributed by atoms with Gasteiger partial charge in [-0.05, 0) is 13.3 Å². The van der Waals surface area contributed by atoms with E-state index in [1.54, 1.807) is 13.0 Å². The minimum atomic E-state index is -1.33. The summed E-state index contributed by atoms with van der Waals surface area (Å²) < 4.78 is 0. The van der Waals surface area contributed by atoms with Crippen molar-refractivity contribution >= 4 is 11.8 Å².